The number of hydrogen-bond donors (Lipinski definition) is 2. The van der Waals surface area contributed by atoms with Crippen LogP contribution in [0, 0.1) is 0 Å². The number of aromatic nitrogens is 1. The number of carboxylic acid groups (broad SMARTS) is 1. The van der Waals surface area contributed by atoms with Crippen molar-refractivity contribution in [2.24, 2.45) is 0 Å². The van der Waals surface area contributed by atoms with Crippen molar-refractivity contribution in [3.05, 3.63) is 51.1 Å². The molecule has 0 saturated heterocycles. The van der Waals surface area contributed by atoms with Gasteiger partial charge in [-0.15, -0.1) is 0 Å². The van der Waals surface area contributed by atoms with Crippen LogP contribution in [0.3, 0.4) is 0 Å². The van der Waals surface area contributed by atoms with E-state index in [4.69, 9.17) is 39.9 Å². The first-order valence-electron chi connectivity index (χ1n) is 5.09. The summed E-state index contributed by atoms with van der Waals surface area (Å²) in [5.74, 6) is -0.967. The largest absolute Gasteiger partial charge is 0.478 e. The third-order valence-electron chi connectivity index (χ3n) is 2.27. The van der Waals surface area contributed by atoms with Gasteiger partial charge in [-0.2, -0.15) is 0 Å². The van der Waals surface area contributed by atoms with Crippen LogP contribution in [-0.2, 0) is 0 Å². The first kappa shape index (κ1) is 13.9. The average Bonchev–Trinajstić information content (AvgIpc) is 2.33. The highest BCUT2D eigenvalue weighted by Crippen LogP contribution is 2.28. The van der Waals surface area contributed by atoms with Crippen molar-refractivity contribution in [2.45, 2.75) is 0 Å². The molecular weight excluding hydrogens is 311 g/mol. The Morgan fingerprint density at radius 2 is 1.84 bits per heavy atom. The standard InChI is InChI=1S/C12H7Cl3N2O2/c13-8-3-1-6(5-9(8)14)16-11-7(12(18)19)2-4-10(15)17-11/h1-5H,(H,16,17)(H,18,19). The van der Waals surface area contributed by atoms with E-state index in [0.29, 0.717) is 15.7 Å². The highest BCUT2D eigenvalue weighted by molar-refractivity contribution is 6.42. The highest BCUT2D eigenvalue weighted by Gasteiger charge is 2.12. The zero-order chi connectivity index (χ0) is 14.0. The topological polar surface area (TPSA) is 62.2 Å². The van der Waals surface area contributed by atoms with Gasteiger partial charge in [-0.05, 0) is 30.3 Å². The molecule has 1 heterocycles. The smallest absolute Gasteiger partial charge is 0.339 e. The van der Waals surface area contributed by atoms with Gasteiger partial charge in [-0.3, -0.25) is 0 Å². The van der Waals surface area contributed by atoms with E-state index in [2.05, 4.69) is 10.3 Å². The van der Waals surface area contributed by atoms with Gasteiger partial charge in [0.15, 0.2) is 0 Å². The predicted molar refractivity (Wildman–Crippen MR) is 76.0 cm³/mol. The van der Waals surface area contributed by atoms with E-state index in [9.17, 15) is 4.79 Å². The molecule has 0 aliphatic heterocycles. The van der Waals surface area contributed by atoms with Crippen molar-refractivity contribution in [1.82, 2.24) is 4.98 Å². The molecule has 1 aromatic carbocycles. The predicted octanol–water partition coefficient (Wildman–Crippen LogP) is 4.48. The lowest BCUT2D eigenvalue weighted by atomic mass is 10.2. The van der Waals surface area contributed by atoms with Crippen LogP contribution in [0.1, 0.15) is 10.4 Å². The lowest BCUT2D eigenvalue weighted by molar-refractivity contribution is 0.0697. The SMILES string of the molecule is O=C(O)c1ccc(Cl)nc1Nc1ccc(Cl)c(Cl)c1. The number of nitrogens with zero attached hydrogens (tertiary/aromatic N) is 1. The molecular formula is C12H7Cl3N2O2. The first-order chi connectivity index (χ1) is 8.97. The van der Waals surface area contributed by atoms with Gasteiger partial charge < -0.3 is 10.4 Å². The average molecular weight is 318 g/mol. The van der Waals surface area contributed by atoms with Crippen molar-refractivity contribution < 1.29 is 9.90 Å². The Kier molecular flexibility index (Phi) is 4.14. The molecule has 2 N–H and O–H groups in total. The van der Waals surface area contributed by atoms with Gasteiger partial charge in [0.05, 0.1) is 10.0 Å². The summed E-state index contributed by atoms with van der Waals surface area (Å²) in [6.45, 7) is 0. The van der Waals surface area contributed by atoms with Crippen LogP contribution in [0.4, 0.5) is 11.5 Å². The maximum atomic E-state index is 11.1. The van der Waals surface area contributed by atoms with Crippen LogP contribution in [0.5, 0.6) is 0 Å². The fourth-order valence-corrected chi connectivity index (χ4v) is 1.86. The van der Waals surface area contributed by atoms with E-state index in [0.717, 1.165) is 0 Å². The number of hydrogen-bond acceptors (Lipinski definition) is 3. The van der Waals surface area contributed by atoms with Gasteiger partial charge in [0.1, 0.15) is 16.5 Å². The number of carbonyl (C=O) groups is 1. The molecule has 0 radical (unpaired) electrons. The number of carboxylic acids is 1. The molecule has 2 aromatic rings. The quantitative estimate of drug-likeness (QED) is 0.819. The lowest BCUT2D eigenvalue weighted by Crippen LogP contribution is -2.04. The molecule has 7 heteroatoms. The number of aromatic carboxylic acids is 1. The summed E-state index contributed by atoms with van der Waals surface area (Å²) >= 11 is 17.4. The van der Waals surface area contributed by atoms with Gasteiger partial charge in [0, 0.05) is 5.69 Å². The Labute approximate surface area is 123 Å². The Morgan fingerprint density at radius 1 is 1.11 bits per heavy atom. The summed E-state index contributed by atoms with van der Waals surface area (Å²) in [6.07, 6.45) is 0. The minimum Gasteiger partial charge on any atom is -0.478 e. The summed E-state index contributed by atoms with van der Waals surface area (Å²) in [4.78, 5) is 15.0. The minimum absolute atomic E-state index is 0.00970. The molecule has 2 rings (SSSR count). The molecule has 1 aromatic heterocycles. The Balaban J connectivity index is 2.39. The van der Waals surface area contributed by atoms with Crippen molar-refractivity contribution >= 4 is 52.3 Å². The molecule has 0 atom stereocenters. The summed E-state index contributed by atoms with van der Waals surface area (Å²) < 4.78 is 0. The molecule has 0 spiro atoms. The molecule has 4 nitrogen and oxygen atoms in total. The van der Waals surface area contributed by atoms with E-state index in [1.807, 2.05) is 0 Å². The van der Waals surface area contributed by atoms with E-state index in [1.165, 1.54) is 12.1 Å². The van der Waals surface area contributed by atoms with Gasteiger partial charge >= 0.3 is 5.97 Å². The number of pyridine rings is 1. The second-order valence-electron chi connectivity index (χ2n) is 3.59. The number of benzene rings is 1. The van der Waals surface area contributed by atoms with Crippen LogP contribution in [0.2, 0.25) is 15.2 Å². The van der Waals surface area contributed by atoms with Gasteiger partial charge in [-0.25, -0.2) is 9.78 Å². The molecule has 0 bridgehead atoms. The lowest BCUT2D eigenvalue weighted by Gasteiger charge is -2.09. The summed E-state index contributed by atoms with van der Waals surface area (Å²) in [5, 5.41) is 12.9. The van der Waals surface area contributed by atoms with E-state index < -0.39 is 5.97 Å². The summed E-state index contributed by atoms with van der Waals surface area (Å²) in [7, 11) is 0. The maximum absolute atomic E-state index is 11.1. The third-order valence-corrected chi connectivity index (χ3v) is 3.22. The van der Waals surface area contributed by atoms with Crippen molar-refractivity contribution in [3.8, 4) is 0 Å². The van der Waals surface area contributed by atoms with Crippen LogP contribution < -0.4 is 5.32 Å². The summed E-state index contributed by atoms with van der Waals surface area (Å²) in [5.41, 5.74) is 0.571. The van der Waals surface area contributed by atoms with E-state index in [-0.39, 0.29) is 16.5 Å². The second kappa shape index (κ2) is 5.65. The number of halogens is 3. The molecule has 0 saturated carbocycles. The normalized spacial score (nSPS) is 10.3. The molecule has 0 aliphatic rings. The monoisotopic (exact) mass is 316 g/mol. The van der Waals surface area contributed by atoms with Crippen molar-refractivity contribution in [1.29, 1.82) is 0 Å². The highest BCUT2D eigenvalue weighted by atomic mass is 35.5. The van der Waals surface area contributed by atoms with Crippen molar-refractivity contribution in [3.63, 3.8) is 0 Å². The molecule has 19 heavy (non-hydrogen) atoms. The number of anilines is 2. The van der Waals surface area contributed by atoms with E-state index >= 15 is 0 Å². The second-order valence-corrected chi connectivity index (χ2v) is 4.79. The van der Waals surface area contributed by atoms with Gasteiger partial charge in [-0.1, -0.05) is 34.8 Å². The van der Waals surface area contributed by atoms with Crippen LogP contribution in [0.15, 0.2) is 30.3 Å². The van der Waals surface area contributed by atoms with Crippen LogP contribution >= 0.6 is 34.8 Å². The zero-order valence-corrected chi connectivity index (χ0v) is 11.6. The summed E-state index contributed by atoms with van der Waals surface area (Å²) in [6, 6.07) is 7.60. The first-order valence-corrected chi connectivity index (χ1v) is 6.22. The van der Waals surface area contributed by atoms with Crippen LogP contribution in [-0.4, -0.2) is 16.1 Å². The maximum Gasteiger partial charge on any atom is 0.339 e. The van der Waals surface area contributed by atoms with E-state index in [1.54, 1.807) is 18.2 Å². The Bertz CT molecular complexity index is 647. The molecule has 0 unspecified atom stereocenters. The number of rotatable bonds is 3. The third kappa shape index (κ3) is 3.29. The Morgan fingerprint density at radius 3 is 2.47 bits per heavy atom. The molecule has 98 valence electrons. The molecule has 0 fully saturated rings. The molecule has 0 amide bonds. The Hall–Kier alpha value is -1.49. The zero-order valence-electron chi connectivity index (χ0n) is 9.32. The van der Waals surface area contributed by atoms with Crippen LogP contribution in [0.25, 0.3) is 0 Å². The fraction of sp³-hybridized carbons (Fsp3) is 0. The van der Waals surface area contributed by atoms with Gasteiger partial charge in [0.2, 0.25) is 0 Å². The molecule has 0 aliphatic carbocycles. The minimum atomic E-state index is -1.10. The number of nitrogens with one attached hydrogen (secondary N) is 1. The van der Waals surface area contributed by atoms with Crippen molar-refractivity contribution in [2.75, 3.05) is 5.32 Å². The van der Waals surface area contributed by atoms with Gasteiger partial charge in [0.25, 0.3) is 0 Å². The fourth-order valence-electron chi connectivity index (χ4n) is 1.41.